The normalized spacial score (nSPS) is 14.4. The van der Waals surface area contributed by atoms with Crippen molar-refractivity contribution >= 4 is 0 Å². The Hall–Kier alpha value is -1.10. The van der Waals surface area contributed by atoms with Gasteiger partial charge in [-0.2, -0.15) is 0 Å². The van der Waals surface area contributed by atoms with Gasteiger partial charge in [-0.3, -0.25) is 0 Å². The topological polar surface area (TPSA) is 86.7 Å². The molecule has 0 radical (unpaired) electrons. The van der Waals surface area contributed by atoms with Gasteiger partial charge in [0.1, 0.15) is 5.75 Å². The fraction of sp³-hybridized carbons (Fsp3) is 0.571. The first-order valence-corrected chi connectivity index (χ1v) is 6.39. The zero-order valence-electron chi connectivity index (χ0n) is 10.8. The van der Waals surface area contributed by atoms with Gasteiger partial charge in [0.15, 0.2) is 0 Å². The molecule has 0 heterocycles. The minimum Gasteiger partial charge on any atom is -0.508 e. The second kappa shape index (κ2) is 7.36. The molecule has 1 aromatic rings. The summed E-state index contributed by atoms with van der Waals surface area (Å²) in [6.45, 7) is 2.48. The van der Waals surface area contributed by atoms with Crippen molar-refractivity contribution in [3.63, 3.8) is 0 Å². The van der Waals surface area contributed by atoms with Gasteiger partial charge in [0, 0.05) is 12.2 Å². The number of hydrogen-bond acceptors (Lipinski definition) is 4. The number of aliphatic hydroxyl groups is 2. The summed E-state index contributed by atoms with van der Waals surface area (Å²) in [5.41, 5.74) is 7.22. The molecule has 0 aliphatic heterocycles. The predicted octanol–water partition coefficient (Wildman–Crippen LogP) is 1.34. The summed E-state index contributed by atoms with van der Waals surface area (Å²) in [6.07, 6.45) is 1.76. The van der Waals surface area contributed by atoms with Gasteiger partial charge in [0.2, 0.25) is 0 Å². The molecular formula is C14H23NO3. The molecule has 2 atom stereocenters. The van der Waals surface area contributed by atoms with E-state index in [2.05, 4.69) is 6.92 Å². The van der Waals surface area contributed by atoms with Crippen LogP contribution in [0.2, 0.25) is 0 Å². The summed E-state index contributed by atoms with van der Waals surface area (Å²) in [6, 6.07) is 5.31. The lowest BCUT2D eigenvalue weighted by molar-refractivity contribution is 0.214. The van der Waals surface area contributed by atoms with Crippen LogP contribution in [-0.4, -0.2) is 28.5 Å². The SMILES string of the molecule is CCC(CC(CN)CO)c1ccc(O)c(CO)c1. The fourth-order valence-electron chi connectivity index (χ4n) is 2.17. The van der Waals surface area contributed by atoms with Crippen molar-refractivity contribution in [1.29, 1.82) is 0 Å². The minimum absolute atomic E-state index is 0.0952. The third kappa shape index (κ3) is 3.70. The Kier molecular flexibility index (Phi) is 6.12. The van der Waals surface area contributed by atoms with E-state index >= 15 is 0 Å². The summed E-state index contributed by atoms with van der Waals surface area (Å²) in [5, 5.41) is 27.9. The zero-order chi connectivity index (χ0) is 13.5. The van der Waals surface area contributed by atoms with Gasteiger partial charge in [0.25, 0.3) is 0 Å². The van der Waals surface area contributed by atoms with Crippen LogP contribution >= 0.6 is 0 Å². The highest BCUT2D eigenvalue weighted by atomic mass is 16.3. The van der Waals surface area contributed by atoms with E-state index in [9.17, 15) is 10.2 Å². The van der Waals surface area contributed by atoms with Crippen LogP contribution in [0.1, 0.15) is 36.8 Å². The molecule has 0 fully saturated rings. The summed E-state index contributed by atoms with van der Waals surface area (Å²) in [7, 11) is 0. The number of phenols is 1. The largest absolute Gasteiger partial charge is 0.508 e. The van der Waals surface area contributed by atoms with Crippen molar-refractivity contribution in [3.05, 3.63) is 29.3 Å². The fourth-order valence-corrected chi connectivity index (χ4v) is 2.17. The molecule has 0 aromatic heterocycles. The predicted molar refractivity (Wildman–Crippen MR) is 71.3 cm³/mol. The van der Waals surface area contributed by atoms with Crippen LogP contribution in [0, 0.1) is 5.92 Å². The average Bonchev–Trinajstić information content (AvgIpc) is 2.41. The lowest BCUT2D eigenvalue weighted by Crippen LogP contribution is -2.20. The average molecular weight is 253 g/mol. The maximum absolute atomic E-state index is 9.54. The summed E-state index contributed by atoms with van der Waals surface area (Å²) >= 11 is 0. The molecule has 4 nitrogen and oxygen atoms in total. The lowest BCUT2D eigenvalue weighted by Gasteiger charge is -2.21. The first-order valence-electron chi connectivity index (χ1n) is 6.39. The number of rotatable bonds is 7. The summed E-state index contributed by atoms with van der Waals surface area (Å²) in [5.74, 6) is 0.506. The molecule has 4 heteroatoms. The van der Waals surface area contributed by atoms with E-state index in [1.807, 2.05) is 12.1 Å². The van der Waals surface area contributed by atoms with Crippen LogP contribution in [-0.2, 0) is 6.61 Å². The molecular weight excluding hydrogens is 230 g/mol. The van der Waals surface area contributed by atoms with Crippen molar-refractivity contribution in [3.8, 4) is 5.75 Å². The quantitative estimate of drug-likeness (QED) is 0.590. The molecule has 102 valence electrons. The molecule has 0 amide bonds. The molecule has 18 heavy (non-hydrogen) atoms. The zero-order valence-corrected chi connectivity index (χ0v) is 10.8. The second-order valence-corrected chi connectivity index (χ2v) is 4.67. The Bertz CT molecular complexity index is 364. The van der Waals surface area contributed by atoms with E-state index in [-0.39, 0.29) is 30.8 Å². The number of hydrogen-bond donors (Lipinski definition) is 4. The monoisotopic (exact) mass is 253 g/mol. The van der Waals surface area contributed by atoms with E-state index in [0.29, 0.717) is 12.1 Å². The molecule has 5 N–H and O–H groups in total. The van der Waals surface area contributed by atoms with Gasteiger partial charge in [-0.05, 0) is 48.9 Å². The van der Waals surface area contributed by atoms with Gasteiger partial charge < -0.3 is 21.1 Å². The van der Waals surface area contributed by atoms with Gasteiger partial charge in [-0.25, -0.2) is 0 Å². The van der Waals surface area contributed by atoms with Gasteiger partial charge in [0.05, 0.1) is 6.61 Å². The molecule has 0 saturated carbocycles. The number of benzene rings is 1. The molecule has 0 spiro atoms. The summed E-state index contributed by atoms with van der Waals surface area (Å²) in [4.78, 5) is 0. The maximum Gasteiger partial charge on any atom is 0.121 e. The van der Waals surface area contributed by atoms with Crippen LogP contribution in [0.4, 0.5) is 0 Å². The van der Waals surface area contributed by atoms with Crippen molar-refractivity contribution in [2.45, 2.75) is 32.3 Å². The Balaban J connectivity index is 2.87. The lowest BCUT2D eigenvalue weighted by atomic mass is 9.86. The number of aliphatic hydroxyl groups excluding tert-OH is 2. The second-order valence-electron chi connectivity index (χ2n) is 4.67. The molecule has 1 aromatic carbocycles. The molecule has 2 unspecified atom stereocenters. The Labute approximate surface area is 108 Å². The van der Waals surface area contributed by atoms with Crippen molar-refractivity contribution < 1.29 is 15.3 Å². The van der Waals surface area contributed by atoms with E-state index in [1.54, 1.807) is 6.07 Å². The van der Waals surface area contributed by atoms with Crippen LogP contribution in [0.5, 0.6) is 5.75 Å². The van der Waals surface area contributed by atoms with Crippen LogP contribution in [0.15, 0.2) is 18.2 Å². The number of aromatic hydroxyl groups is 1. The Morgan fingerprint density at radius 1 is 1.28 bits per heavy atom. The summed E-state index contributed by atoms with van der Waals surface area (Å²) < 4.78 is 0. The highest BCUT2D eigenvalue weighted by Crippen LogP contribution is 2.30. The van der Waals surface area contributed by atoms with Crippen LogP contribution in [0.3, 0.4) is 0 Å². The van der Waals surface area contributed by atoms with Crippen molar-refractivity contribution in [2.24, 2.45) is 11.7 Å². The molecule has 0 aliphatic carbocycles. The Morgan fingerprint density at radius 2 is 2.00 bits per heavy atom. The van der Waals surface area contributed by atoms with Gasteiger partial charge >= 0.3 is 0 Å². The van der Waals surface area contributed by atoms with Gasteiger partial charge in [-0.15, -0.1) is 0 Å². The third-order valence-electron chi connectivity index (χ3n) is 3.45. The molecule has 0 bridgehead atoms. The first kappa shape index (κ1) is 15.0. The van der Waals surface area contributed by atoms with E-state index in [4.69, 9.17) is 10.8 Å². The molecule has 0 saturated heterocycles. The van der Waals surface area contributed by atoms with E-state index < -0.39 is 0 Å². The molecule has 0 aliphatic rings. The van der Waals surface area contributed by atoms with E-state index in [0.717, 1.165) is 18.4 Å². The third-order valence-corrected chi connectivity index (χ3v) is 3.45. The van der Waals surface area contributed by atoms with Crippen LogP contribution < -0.4 is 5.73 Å². The highest BCUT2D eigenvalue weighted by Gasteiger charge is 2.16. The van der Waals surface area contributed by atoms with Gasteiger partial charge in [-0.1, -0.05) is 13.0 Å². The van der Waals surface area contributed by atoms with Crippen LogP contribution in [0.25, 0.3) is 0 Å². The van der Waals surface area contributed by atoms with E-state index in [1.165, 1.54) is 0 Å². The van der Waals surface area contributed by atoms with Crippen molar-refractivity contribution in [1.82, 2.24) is 0 Å². The minimum atomic E-state index is -0.170. The number of nitrogens with two attached hydrogens (primary N) is 1. The Morgan fingerprint density at radius 3 is 2.50 bits per heavy atom. The molecule has 1 rings (SSSR count). The standard InChI is InChI=1S/C14H23NO3/c1-2-11(5-10(7-15)8-16)12-3-4-14(18)13(6-12)9-17/h3-4,6,10-11,16-18H,2,5,7-9,15H2,1H3. The first-order chi connectivity index (χ1) is 8.65. The van der Waals surface area contributed by atoms with Crippen molar-refractivity contribution in [2.75, 3.05) is 13.2 Å². The highest BCUT2D eigenvalue weighted by molar-refractivity contribution is 5.37. The maximum atomic E-state index is 9.54. The smallest absolute Gasteiger partial charge is 0.121 e.